The van der Waals surface area contributed by atoms with Crippen LogP contribution in [0.4, 0.5) is 0 Å². The average molecular weight is 581 g/mol. The van der Waals surface area contributed by atoms with Gasteiger partial charge in [0.15, 0.2) is 6.10 Å². The van der Waals surface area contributed by atoms with Crippen LogP contribution in [0.1, 0.15) is 43.5 Å². The van der Waals surface area contributed by atoms with Crippen LogP contribution in [0.2, 0.25) is 0 Å². The maximum absolute atomic E-state index is 13.8. The molecule has 2 aromatic carbocycles. The lowest BCUT2D eigenvalue weighted by Crippen LogP contribution is -2.52. The molecule has 0 unspecified atom stereocenters. The second kappa shape index (κ2) is 10.6. The molecule has 5 rings (SSSR count). The molecule has 9 heteroatoms. The molecule has 0 spiro atoms. The molecule has 0 saturated heterocycles. The third kappa shape index (κ3) is 4.82. The number of rotatable bonds is 7. The quantitative estimate of drug-likeness (QED) is 0.236. The average Bonchev–Trinajstić information content (AvgIpc) is 3.27. The number of H-pyrrole nitrogens is 1. The Morgan fingerprint density at radius 1 is 1.24 bits per heavy atom. The zero-order chi connectivity index (χ0) is 27.0. The van der Waals surface area contributed by atoms with Crippen molar-refractivity contribution in [3.63, 3.8) is 0 Å². The number of para-hydroxylation sites is 1. The molecular weight excluding hydrogens is 552 g/mol. The topological polar surface area (TPSA) is 102 Å². The van der Waals surface area contributed by atoms with E-state index in [0.29, 0.717) is 34.0 Å². The van der Waals surface area contributed by atoms with Crippen molar-refractivity contribution in [1.29, 1.82) is 0 Å². The number of benzene rings is 2. The molecule has 8 nitrogen and oxygen atoms in total. The predicted molar refractivity (Wildman–Crippen MR) is 147 cm³/mol. The van der Waals surface area contributed by atoms with E-state index in [1.165, 1.54) is 18.1 Å². The zero-order valence-electron chi connectivity index (χ0n) is 21.5. The lowest BCUT2D eigenvalue weighted by atomic mass is 9.96. The highest BCUT2D eigenvalue weighted by Crippen LogP contribution is 2.35. The first kappa shape index (κ1) is 26.0. The Labute approximate surface area is 228 Å². The van der Waals surface area contributed by atoms with Gasteiger partial charge in [0, 0.05) is 33.6 Å². The van der Waals surface area contributed by atoms with Gasteiger partial charge in [-0.2, -0.15) is 0 Å². The van der Waals surface area contributed by atoms with E-state index in [1.807, 2.05) is 24.3 Å². The van der Waals surface area contributed by atoms with Crippen LogP contribution in [0.3, 0.4) is 0 Å². The molecule has 1 N–H and O–H groups in total. The number of aromatic amines is 1. The SMILES string of the molecule is CCCCc1cc(=O)oc2cc(Br)cc(O[C@H](C)C(=O)N3Cc4[nH]c5ccccc5c4C[C@H]3C(=O)OC)c12. The van der Waals surface area contributed by atoms with E-state index in [2.05, 4.69) is 27.8 Å². The van der Waals surface area contributed by atoms with Crippen LogP contribution in [0.15, 0.2) is 56.1 Å². The van der Waals surface area contributed by atoms with Crippen molar-refractivity contribution in [3.05, 3.63) is 74.2 Å². The Balaban J connectivity index is 1.49. The Morgan fingerprint density at radius 2 is 2.03 bits per heavy atom. The summed E-state index contributed by atoms with van der Waals surface area (Å²) in [4.78, 5) is 43.7. The van der Waals surface area contributed by atoms with Crippen molar-refractivity contribution in [1.82, 2.24) is 9.88 Å². The van der Waals surface area contributed by atoms with Crippen molar-refractivity contribution in [2.24, 2.45) is 0 Å². The molecule has 38 heavy (non-hydrogen) atoms. The first-order valence-corrected chi connectivity index (χ1v) is 13.5. The van der Waals surface area contributed by atoms with Crippen LogP contribution >= 0.6 is 15.9 Å². The predicted octanol–water partition coefficient (Wildman–Crippen LogP) is 5.27. The van der Waals surface area contributed by atoms with Crippen LogP contribution in [0.25, 0.3) is 21.9 Å². The van der Waals surface area contributed by atoms with Gasteiger partial charge in [0.1, 0.15) is 17.4 Å². The fourth-order valence-corrected chi connectivity index (χ4v) is 5.64. The van der Waals surface area contributed by atoms with Crippen LogP contribution in [-0.4, -0.2) is 41.0 Å². The number of esters is 1. The van der Waals surface area contributed by atoms with Crippen molar-refractivity contribution in [2.75, 3.05) is 7.11 Å². The fraction of sp³-hybridized carbons (Fsp3) is 0.345. The summed E-state index contributed by atoms with van der Waals surface area (Å²) in [5.74, 6) is -0.383. The van der Waals surface area contributed by atoms with Gasteiger partial charge in [-0.15, -0.1) is 0 Å². The summed E-state index contributed by atoms with van der Waals surface area (Å²) in [6.45, 7) is 3.97. The zero-order valence-corrected chi connectivity index (χ0v) is 23.1. The highest BCUT2D eigenvalue weighted by Gasteiger charge is 2.39. The van der Waals surface area contributed by atoms with E-state index in [1.54, 1.807) is 19.1 Å². The van der Waals surface area contributed by atoms with Crippen molar-refractivity contribution >= 4 is 49.7 Å². The number of hydrogen-bond donors (Lipinski definition) is 1. The van der Waals surface area contributed by atoms with E-state index in [9.17, 15) is 14.4 Å². The number of nitrogens with one attached hydrogen (secondary N) is 1. The van der Waals surface area contributed by atoms with Crippen molar-refractivity contribution < 1.29 is 23.5 Å². The number of aromatic nitrogens is 1. The van der Waals surface area contributed by atoms with Crippen LogP contribution in [0.5, 0.6) is 5.75 Å². The molecule has 2 atom stereocenters. The highest BCUT2D eigenvalue weighted by molar-refractivity contribution is 9.10. The molecule has 0 fully saturated rings. The van der Waals surface area contributed by atoms with E-state index in [-0.39, 0.29) is 12.5 Å². The number of nitrogens with zero attached hydrogens (tertiary/aromatic N) is 1. The number of methoxy groups -OCH3 is 1. The number of amides is 1. The van der Waals surface area contributed by atoms with E-state index in [0.717, 1.165) is 40.6 Å². The highest BCUT2D eigenvalue weighted by atomic mass is 79.9. The van der Waals surface area contributed by atoms with Crippen molar-refractivity contribution in [2.45, 2.75) is 58.2 Å². The van der Waals surface area contributed by atoms with Gasteiger partial charge in [-0.1, -0.05) is 47.5 Å². The lowest BCUT2D eigenvalue weighted by Gasteiger charge is -2.35. The Kier molecular flexibility index (Phi) is 7.29. The maximum atomic E-state index is 13.8. The van der Waals surface area contributed by atoms with Gasteiger partial charge in [-0.3, -0.25) is 4.79 Å². The third-order valence-corrected chi connectivity index (χ3v) is 7.52. The van der Waals surface area contributed by atoms with Crippen molar-refractivity contribution in [3.8, 4) is 5.75 Å². The van der Waals surface area contributed by atoms with Crippen LogP contribution in [0, 0.1) is 0 Å². The lowest BCUT2D eigenvalue weighted by molar-refractivity contribution is -0.156. The van der Waals surface area contributed by atoms with E-state index < -0.39 is 23.7 Å². The first-order valence-electron chi connectivity index (χ1n) is 12.7. The van der Waals surface area contributed by atoms with Gasteiger partial charge >= 0.3 is 11.6 Å². The molecule has 2 aromatic heterocycles. The van der Waals surface area contributed by atoms with Gasteiger partial charge in [-0.05, 0) is 49.1 Å². The summed E-state index contributed by atoms with van der Waals surface area (Å²) >= 11 is 3.46. The normalized spacial score (nSPS) is 15.9. The summed E-state index contributed by atoms with van der Waals surface area (Å²) in [5, 5.41) is 1.71. The molecule has 0 aliphatic carbocycles. The molecule has 1 aliphatic heterocycles. The molecule has 1 amide bonds. The summed E-state index contributed by atoms with van der Waals surface area (Å²) in [6, 6.07) is 12.1. The molecule has 4 aromatic rings. The van der Waals surface area contributed by atoms with Gasteiger partial charge < -0.3 is 23.8 Å². The minimum absolute atomic E-state index is 0.228. The monoisotopic (exact) mass is 580 g/mol. The molecule has 0 saturated carbocycles. The summed E-state index contributed by atoms with van der Waals surface area (Å²) < 4.78 is 17.4. The molecule has 0 bridgehead atoms. The largest absolute Gasteiger partial charge is 0.480 e. The van der Waals surface area contributed by atoms with Gasteiger partial charge in [0.25, 0.3) is 5.91 Å². The summed E-state index contributed by atoms with van der Waals surface area (Å²) in [7, 11) is 1.33. The maximum Gasteiger partial charge on any atom is 0.336 e. The number of aryl methyl sites for hydroxylation is 1. The number of halogens is 1. The molecule has 3 heterocycles. The fourth-order valence-electron chi connectivity index (χ4n) is 5.23. The molecule has 0 radical (unpaired) electrons. The smallest absolute Gasteiger partial charge is 0.336 e. The number of carbonyl (C=O) groups is 2. The van der Waals surface area contributed by atoms with Gasteiger partial charge in [0.05, 0.1) is 19.0 Å². The Bertz CT molecular complexity index is 1590. The first-order chi connectivity index (χ1) is 18.3. The van der Waals surface area contributed by atoms with Crippen LogP contribution in [-0.2, 0) is 33.7 Å². The molecule has 198 valence electrons. The summed E-state index contributed by atoms with van der Waals surface area (Å²) in [5.41, 5.74) is 3.64. The number of unbranched alkanes of at least 4 members (excludes halogenated alkanes) is 1. The molecular formula is C29H29BrN2O6. The number of carbonyl (C=O) groups excluding carboxylic acids is 2. The second-order valence-electron chi connectivity index (χ2n) is 9.57. The second-order valence-corrected chi connectivity index (χ2v) is 10.5. The Hall–Kier alpha value is -3.59. The van der Waals surface area contributed by atoms with Gasteiger partial charge in [0.2, 0.25) is 0 Å². The number of fused-ring (bicyclic) bond motifs is 4. The third-order valence-electron chi connectivity index (χ3n) is 7.07. The summed E-state index contributed by atoms with van der Waals surface area (Å²) in [6.07, 6.45) is 1.96. The number of ether oxygens (including phenoxy) is 2. The minimum Gasteiger partial charge on any atom is -0.480 e. The standard InChI is InChI=1S/C29H29BrN2O6/c1-4-5-8-17-11-26(33)38-25-13-18(30)12-24(27(17)25)37-16(2)28(34)32-15-22-20(14-23(32)29(35)36-3)19-9-6-7-10-21(19)31-22/h6-7,9-13,16,23,31H,4-5,8,14-15H2,1-3H3/t16-,23+/m1/s1. The Morgan fingerprint density at radius 3 is 2.79 bits per heavy atom. The van der Waals surface area contributed by atoms with E-state index in [4.69, 9.17) is 13.9 Å². The minimum atomic E-state index is -0.920. The number of hydrogen-bond acceptors (Lipinski definition) is 6. The van der Waals surface area contributed by atoms with Crippen LogP contribution < -0.4 is 10.4 Å². The van der Waals surface area contributed by atoms with E-state index >= 15 is 0 Å². The molecule has 1 aliphatic rings. The van der Waals surface area contributed by atoms with Gasteiger partial charge in [-0.25, -0.2) is 9.59 Å².